The Morgan fingerprint density at radius 1 is 1.16 bits per heavy atom. The average Bonchev–Trinajstić information content (AvgIpc) is 2.46. The maximum atomic E-state index is 11.2. The van der Waals surface area contributed by atoms with E-state index in [4.69, 9.17) is 5.11 Å². The van der Waals surface area contributed by atoms with Gasteiger partial charge >= 0.3 is 5.97 Å². The highest BCUT2D eigenvalue weighted by Crippen LogP contribution is 2.24. The van der Waals surface area contributed by atoms with Crippen molar-refractivity contribution >= 4 is 11.8 Å². The third kappa shape index (κ3) is 2.14. The predicted molar refractivity (Wildman–Crippen MR) is 70.2 cm³/mol. The second-order valence-electron chi connectivity index (χ2n) is 4.47. The number of nitrogens with zero attached hydrogens (tertiary/aromatic N) is 3. The monoisotopic (exact) mass is 255 g/mol. The lowest BCUT2D eigenvalue weighted by atomic mass is 10.00. The Morgan fingerprint density at radius 3 is 2.68 bits per heavy atom. The minimum Gasteiger partial charge on any atom is -0.476 e. The fraction of sp³-hybridized carbons (Fsp3) is 0.214. The van der Waals surface area contributed by atoms with Crippen LogP contribution in [-0.4, -0.2) is 27.6 Å². The molecular weight excluding hydrogens is 242 g/mol. The van der Waals surface area contributed by atoms with Crippen molar-refractivity contribution in [3.63, 3.8) is 0 Å². The van der Waals surface area contributed by atoms with Crippen molar-refractivity contribution in [3.05, 3.63) is 53.5 Å². The Labute approximate surface area is 110 Å². The van der Waals surface area contributed by atoms with Crippen LogP contribution in [0.1, 0.15) is 21.6 Å². The number of aromatic nitrogens is 2. The fourth-order valence-corrected chi connectivity index (χ4v) is 2.39. The molecule has 0 radical (unpaired) electrons. The van der Waals surface area contributed by atoms with Crippen molar-refractivity contribution in [2.45, 2.75) is 13.0 Å². The third-order valence-corrected chi connectivity index (χ3v) is 3.31. The summed E-state index contributed by atoms with van der Waals surface area (Å²) >= 11 is 0. The van der Waals surface area contributed by atoms with E-state index in [0.29, 0.717) is 12.4 Å². The molecule has 5 heteroatoms. The first-order chi connectivity index (χ1) is 9.25. The Bertz CT molecular complexity index is 628. The molecule has 0 spiro atoms. The van der Waals surface area contributed by atoms with Crippen molar-refractivity contribution in [2.24, 2.45) is 0 Å². The molecule has 19 heavy (non-hydrogen) atoms. The van der Waals surface area contributed by atoms with Crippen LogP contribution in [0.5, 0.6) is 0 Å². The molecular formula is C14H13N3O2. The largest absolute Gasteiger partial charge is 0.476 e. The third-order valence-electron chi connectivity index (χ3n) is 3.31. The number of carboxylic acids is 1. The van der Waals surface area contributed by atoms with Gasteiger partial charge in [0, 0.05) is 25.5 Å². The van der Waals surface area contributed by atoms with E-state index in [1.165, 1.54) is 23.5 Å². The van der Waals surface area contributed by atoms with Crippen molar-refractivity contribution in [2.75, 3.05) is 11.4 Å². The number of fused-ring (bicyclic) bond motifs is 1. The molecule has 5 nitrogen and oxygen atoms in total. The van der Waals surface area contributed by atoms with Crippen molar-refractivity contribution in [1.29, 1.82) is 0 Å². The summed E-state index contributed by atoms with van der Waals surface area (Å²) in [4.78, 5) is 21.2. The van der Waals surface area contributed by atoms with E-state index >= 15 is 0 Å². The maximum absolute atomic E-state index is 11.2. The van der Waals surface area contributed by atoms with Crippen LogP contribution in [0.4, 0.5) is 5.82 Å². The minimum absolute atomic E-state index is 0.0156. The lowest BCUT2D eigenvalue weighted by Gasteiger charge is -2.30. The van der Waals surface area contributed by atoms with Crippen LogP contribution in [0.3, 0.4) is 0 Å². The zero-order chi connectivity index (χ0) is 13.2. The normalized spacial score (nSPS) is 14.0. The SMILES string of the molecule is O=C(O)c1nccnc1N1CCc2ccccc2C1. The van der Waals surface area contributed by atoms with Gasteiger partial charge in [-0.15, -0.1) is 0 Å². The number of anilines is 1. The van der Waals surface area contributed by atoms with Crippen molar-refractivity contribution in [3.8, 4) is 0 Å². The van der Waals surface area contributed by atoms with Gasteiger partial charge in [-0.05, 0) is 17.5 Å². The van der Waals surface area contributed by atoms with Gasteiger partial charge in [0.25, 0.3) is 0 Å². The number of carboxylic acid groups (broad SMARTS) is 1. The number of rotatable bonds is 2. The standard InChI is InChI=1S/C14H13N3O2/c18-14(19)12-13(16-7-6-15-12)17-8-5-10-3-1-2-4-11(10)9-17/h1-4,6-7H,5,8-9H2,(H,18,19). The molecule has 3 rings (SSSR count). The molecule has 0 amide bonds. The second kappa shape index (κ2) is 4.68. The van der Waals surface area contributed by atoms with Crippen LogP contribution in [0.2, 0.25) is 0 Å². The highest BCUT2D eigenvalue weighted by atomic mass is 16.4. The van der Waals surface area contributed by atoms with Gasteiger partial charge in [-0.1, -0.05) is 24.3 Å². The zero-order valence-corrected chi connectivity index (χ0v) is 10.3. The number of aromatic carboxylic acids is 1. The van der Waals surface area contributed by atoms with Crippen LogP contribution in [0.25, 0.3) is 0 Å². The summed E-state index contributed by atoms with van der Waals surface area (Å²) in [7, 11) is 0. The quantitative estimate of drug-likeness (QED) is 0.885. The first kappa shape index (κ1) is 11.6. The Balaban J connectivity index is 1.95. The molecule has 2 aromatic rings. The van der Waals surface area contributed by atoms with E-state index in [1.54, 1.807) is 0 Å². The Hall–Kier alpha value is -2.43. The summed E-state index contributed by atoms with van der Waals surface area (Å²) in [5.74, 6) is -0.591. The van der Waals surface area contributed by atoms with Crippen LogP contribution in [-0.2, 0) is 13.0 Å². The number of hydrogen-bond donors (Lipinski definition) is 1. The van der Waals surface area contributed by atoms with Gasteiger partial charge in [0.05, 0.1) is 0 Å². The second-order valence-corrected chi connectivity index (χ2v) is 4.47. The summed E-state index contributed by atoms with van der Waals surface area (Å²) in [5, 5.41) is 9.16. The molecule has 0 bridgehead atoms. The van der Waals surface area contributed by atoms with Crippen molar-refractivity contribution < 1.29 is 9.90 Å². The molecule has 1 aliphatic heterocycles. The molecule has 0 unspecified atom stereocenters. The van der Waals surface area contributed by atoms with Gasteiger partial charge in [0.15, 0.2) is 11.5 Å². The highest BCUT2D eigenvalue weighted by molar-refractivity contribution is 5.90. The molecule has 1 N–H and O–H groups in total. The summed E-state index contributed by atoms with van der Waals surface area (Å²) < 4.78 is 0. The smallest absolute Gasteiger partial charge is 0.358 e. The average molecular weight is 255 g/mol. The molecule has 1 aromatic heterocycles. The van der Waals surface area contributed by atoms with Gasteiger partial charge < -0.3 is 10.0 Å². The van der Waals surface area contributed by atoms with E-state index in [2.05, 4.69) is 22.1 Å². The van der Waals surface area contributed by atoms with Crippen LogP contribution >= 0.6 is 0 Å². The Kier molecular flexibility index (Phi) is 2.87. The molecule has 0 saturated heterocycles. The van der Waals surface area contributed by atoms with E-state index in [0.717, 1.165) is 13.0 Å². The van der Waals surface area contributed by atoms with Gasteiger partial charge in [0.1, 0.15) is 0 Å². The zero-order valence-electron chi connectivity index (χ0n) is 10.3. The fourth-order valence-electron chi connectivity index (χ4n) is 2.39. The lowest BCUT2D eigenvalue weighted by molar-refractivity contribution is 0.0690. The topological polar surface area (TPSA) is 66.3 Å². The summed E-state index contributed by atoms with van der Waals surface area (Å²) in [6.45, 7) is 1.44. The minimum atomic E-state index is -1.04. The Morgan fingerprint density at radius 2 is 1.89 bits per heavy atom. The van der Waals surface area contributed by atoms with Gasteiger partial charge in [-0.3, -0.25) is 0 Å². The lowest BCUT2D eigenvalue weighted by Crippen LogP contribution is -2.32. The van der Waals surface area contributed by atoms with Crippen LogP contribution < -0.4 is 4.90 Å². The first-order valence-electron chi connectivity index (χ1n) is 6.12. The van der Waals surface area contributed by atoms with Gasteiger partial charge in [-0.25, -0.2) is 14.8 Å². The summed E-state index contributed by atoms with van der Waals surface area (Å²) in [6.07, 6.45) is 3.83. The molecule has 1 aromatic carbocycles. The molecule has 2 heterocycles. The molecule has 0 atom stereocenters. The molecule has 0 fully saturated rings. The van der Waals surface area contributed by atoms with E-state index in [-0.39, 0.29) is 5.69 Å². The van der Waals surface area contributed by atoms with Crippen LogP contribution in [0.15, 0.2) is 36.7 Å². The van der Waals surface area contributed by atoms with E-state index < -0.39 is 5.97 Å². The van der Waals surface area contributed by atoms with E-state index in [1.807, 2.05) is 17.0 Å². The van der Waals surface area contributed by atoms with E-state index in [9.17, 15) is 4.79 Å². The number of carbonyl (C=O) groups is 1. The van der Waals surface area contributed by atoms with Crippen molar-refractivity contribution in [1.82, 2.24) is 9.97 Å². The highest BCUT2D eigenvalue weighted by Gasteiger charge is 2.22. The molecule has 0 saturated carbocycles. The number of hydrogen-bond acceptors (Lipinski definition) is 4. The summed E-state index contributed by atoms with van der Waals surface area (Å²) in [5.41, 5.74) is 2.55. The van der Waals surface area contributed by atoms with Crippen LogP contribution in [0, 0.1) is 0 Å². The number of benzene rings is 1. The molecule has 1 aliphatic rings. The molecule has 96 valence electrons. The summed E-state index contributed by atoms with van der Waals surface area (Å²) in [6, 6.07) is 8.20. The molecule has 0 aliphatic carbocycles. The first-order valence-corrected chi connectivity index (χ1v) is 6.12. The van der Waals surface area contributed by atoms with Gasteiger partial charge in [-0.2, -0.15) is 0 Å². The van der Waals surface area contributed by atoms with Gasteiger partial charge in [0.2, 0.25) is 0 Å². The predicted octanol–water partition coefficient (Wildman–Crippen LogP) is 1.74. The maximum Gasteiger partial charge on any atom is 0.358 e.